The first-order valence-corrected chi connectivity index (χ1v) is 11.6. The molecular weight excluding hydrogens is 401 g/mol. The van der Waals surface area contributed by atoms with Crippen LogP contribution in [0.25, 0.3) is 0 Å². The third kappa shape index (κ3) is 4.42. The van der Waals surface area contributed by atoms with E-state index in [1.807, 2.05) is 6.92 Å². The van der Waals surface area contributed by atoms with Crippen molar-refractivity contribution in [3.8, 4) is 0 Å². The molecule has 0 unspecified atom stereocenters. The summed E-state index contributed by atoms with van der Waals surface area (Å²) in [5.74, 6) is -0.685. The van der Waals surface area contributed by atoms with Crippen molar-refractivity contribution in [2.75, 3.05) is 26.2 Å². The Bertz CT molecular complexity index is 951. The molecule has 2 heterocycles. The van der Waals surface area contributed by atoms with Gasteiger partial charge in [0.1, 0.15) is 10.7 Å². The molecule has 1 fully saturated rings. The van der Waals surface area contributed by atoms with Gasteiger partial charge in [-0.3, -0.25) is 4.79 Å². The highest BCUT2D eigenvalue weighted by molar-refractivity contribution is 7.89. The fourth-order valence-electron chi connectivity index (χ4n) is 3.14. The average molecular weight is 426 g/mol. The molecule has 9 heteroatoms. The molecule has 0 bridgehead atoms. The van der Waals surface area contributed by atoms with Crippen molar-refractivity contribution in [2.24, 2.45) is 0 Å². The summed E-state index contributed by atoms with van der Waals surface area (Å²) in [6, 6.07) is 4.99. The number of nitrogens with zero attached hydrogens (tertiary/aromatic N) is 3. The summed E-state index contributed by atoms with van der Waals surface area (Å²) in [4.78, 5) is 19.6. The number of piperazine rings is 1. The van der Waals surface area contributed by atoms with Crippen LogP contribution in [0.5, 0.6) is 0 Å². The number of amides is 1. The van der Waals surface area contributed by atoms with Crippen molar-refractivity contribution in [3.63, 3.8) is 0 Å². The third-order valence-corrected chi connectivity index (χ3v) is 7.84. The second-order valence-corrected chi connectivity index (χ2v) is 9.80. The molecule has 1 amide bonds. The van der Waals surface area contributed by atoms with Crippen LogP contribution in [0.1, 0.15) is 40.1 Å². The molecule has 2 aromatic rings. The molecule has 1 aliphatic heterocycles. The predicted molar refractivity (Wildman–Crippen MR) is 107 cm³/mol. The molecule has 6 nitrogen and oxygen atoms in total. The number of carbonyl (C=O) groups is 1. The lowest BCUT2D eigenvalue weighted by molar-refractivity contribution is 0.0702. The summed E-state index contributed by atoms with van der Waals surface area (Å²) in [5.41, 5.74) is 0.732. The van der Waals surface area contributed by atoms with Crippen LogP contribution in [0.2, 0.25) is 0 Å². The van der Waals surface area contributed by atoms with E-state index in [4.69, 9.17) is 0 Å². The largest absolute Gasteiger partial charge is 0.335 e. The van der Waals surface area contributed by atoms with Gasteiger partial charge in [0.2, 0.25) is 10.0 Å². The first-order valence-electron chi connectivity index (χ1n) is 9.34. The van der Waals surface area contributed by atoms with Crippen molar-refractivity contribution < 1.29 is 17.6 Å². The molecule has 1 saturated heterocycles. The van der Waals surface area contributed by atoms with E-state index in [9.17, 15) is 17.6 Å². The fourth-order valence-corrected chi connectivity index (χ4v) is 5.67. The Kier molecular flexibility index (Phi) is 6.47. The molecule has 3 rings (SSSR count). The Hall–Kier alpha value is -1.84. The van der Waals surface area contributed by atoms with Crippen LogP contribution in [-0.4, -0.2) is 54.7 Å². The van der Waals surface area contributed by atoms with Crippen LogP contribution in [0.3, 0.4) is 0 Å². The molecular formula is C19H24FN3O3S2. The van der Waals surface area contributed by atoms with Gasteiger partial charge >= 0.3 is 0 Å². The number of aromatic nitrogens is 1. The molecule has 0 N–H and O–H groups in total. The van der Waals surface area contributed by atoms with Gasteiger partial charge in [-0.05, 0) is 38.0 Å². The van der Waals surface area contributed by atoms with Gasteiger partial charge in [0.25, 0.3) is 5.91 Å². The third-order valence-electron chi connectivity index (χ3n) is 4.74. The van der Waals surface area contributed by atoms with Crippen molar-refractivity contribution in [1.82, 2.24) is 14.2 Å². The number of rotatable bonds is 6. The molecule has 0 radical (unpaired) electrons. The Labute approximate surface area is 169 Å². The van der Waals surface area contributed by atoms with Gasteiger partial charge in [-0.2, -0.15) is 4.31 Å². The average Bonchev–Trinajstić information content (AvgIpc) is 3.06. The maximum Gasteiger partial charge on any atom is 0.265 e. The highest BCUT2D eigenvalue weighted by Crippen LogP contribution is 2.24. The topological polar surface area (TPSA) is 70.6 Å². The van der Waals surface area contributed by atoms with Crippen LogP contribution in [-0.2, 0) is 16.4 Å². The molecule has 1 aromatic heterocycles. The minimum atomic E-state index is -3.77. The lowest BCUT2D eigenvalue weighted by Gasteiger charge is -2.33. The summed E-state index contributed by atoms with van der Waals surface area (Å²) in [7, 11) is -3.77. The highest BCUT2D eigenvalue weighted by Gasteiger charge is 2.31. The van der Waals surface area contributed by atoms with Gasteiger partial charge in [0.15, 0.2) is 0 Å². The Morgan fingerprint density at radius 2 is 1.96 bits per heavy atom. The number of carbonyl (C=O) groups excluding carboxylic acids is 1. The van der Waals surface area contributed by atoms with Gasteiger partial charge < -0.3 is 4.90 Å². The van der Waals surface area contributed by atoms with Crippen molar-refractivity contribution in [3.05, 3.63) is 45.7 Å². The van der Waals surface area contributed by atoms with E-state index < -0.39 is 15.8 Å². The number of halogens is 1. The lowest BCUT2D eigenvalue weighted by Crippen LogP contribution is -2.50. The smallest absolute Gasteiger partial charge is 0.265 e. The molecule has 0 aliphatic carbocycles. The Morgan fingerprint density at radius 3 is 2.61 bits per heavy atom. The molecule has 152 valence electrons. The molecule has 0 spiro atoms. The fraction of sp³-hybridized carbons (Fsp3) is 0.474. The number of thiazole rings is 1. The van der Waals surface area contributed by atoms with Gasteiger partial charge in [0.05, 0.1) is 15.6 Å². The van der Waals surface area contributed by atoms with Gasteiger partial charge in [-0.15, -0.1) is 11.3 Å². The molecule has 1 aliphatic rings. The van der Waals surface area contributed by atoms with Crippen LogP contribution in [0.15, 0.2) is 29.2 Å². The van der Waals surface area contributed by atoms with E-state index >= 15 is 0 Å². The summed E-state index contributed by atoms with van der Waals surface area (Å²) in [6.07, 6.45) is 2.98. The van der Waals surface area contributed by atoms with Crippen LogP contribution in [0.4, 0.5) is 4.39 Å². The number of hydrogen-bond donors (Lipinski definition) is 0. The first kappa shape index (κ1) is 20.9. The van der Waals surface area contributed by atoms with Gasteiger partial charge in [0, 0.05) is 26.2 Å². The minimum absolute atomic E-state index is 0.0638. The van der Waals surface area contributed by atoms with Crippen molar-refractivity contribution in [1.29, 1.82) is 0 Å². The van der Waals surface area contributed by atoms with E-state index in [1.165, 1.54) is 33.8 Å². The predicted octanol–water partition coefficient (Wildman–Crippen LogP) is 3.08. The number of unbranched alkanes of at least 4 members (excludes halogenated alkanes) is 1. The molecule has 0 saturated carbocycles. The van der Waals surface area contributed by atoms with E-state index in [2.05, 4.69) is 11.9 Å². The van der Waals surface area contributed by atoms with Crippen LogP contribution >= 0.6 is 11.3 Å². The second-order valence-electron chi connectivity index (χ2n) is 6.78. The summed E-state index contributed by atoms with van der Waals surface area (Å²) >= 11 is 1.43. The minimum Gasteiger partial charge on any atom is -0.335 e. The van der Waals surface area contributed by atoms with E-state index in [0.29, 0.717) is 18.0 Å². The highest BCUT2D eigenvalue weighted by atomic mass is 32.2. The quantitative estimate of drug-likeness (QED) is 0.713. The maximum atomic E-state index is 13.4. The van der Waals surface area contributed by atoms with Crippen molar-refractivity contribution >= 4 is 27.3 Å². The molecule has 0 atom stereocenters. The first-order chi connectivity index (χ1) is 13.3. The standard InChI is InChI=1S/C19H24FN3O3S2/c1-3-4-8-17-21-14(2)18(27-17)19(24)22-9-11-23(12-10-22)28(25,26)16-7-5-6-15(20)13-16/h5-7,13H,3-4,8-12H2,1-2H3. The number of aryl methyl sites for hydroxylation is 2. The monoisotopic (exact) mass is 425 g/mol. The Morgan fingerprint density at radius 1 is 1.25 bits per heavy atom. The zero-order valence-electron chi connectivity index (χ0n) is 16.0. The Balaban J connectivity index is 1.67. The summed E-state index contributed by atoms with van der Waals surface area (Å²) in [6.45, 7) is 4.92. The summed E-state index contributed by atoms with van der Waals surface area (Å²) in [5, 5.41) is 0.968. The van der Waals surface area contributed by atoms with E-state index in [-0.39, 0.29) is 23.9 Å². The van der Waals surface area contributed by atoms with Crippen molar-refractivity contribution in [2.45, 2.75) is 38.0 Å². The maximum absolute atomic E-state index is 13.4. The molecule has 1 aromatic carbocycles. The van der Waals surface area contributed by atoms with Crippen LogP contribution in [0, 0.1) is 12.7 Å². The SMILES string of the molecule is CCCCc1nc(C)c(C(=O)N2CCN(S(=O)(=O)c3cccc(F)c3)CC2)s1. The zero-order valence-corrected chi connectivity index (χ0v) is 17.7. The van der Waals surface area contributed by atoms with Gasteiger partial charge in [-0.25, -0.2) is 17.8 Å². The second kappa shape index (κ2) is 8.67. The molecule has 28 heavy (non-hydrogen) atoms. The van der Waals surface area contributed by atoms with Gasteiger partial charge in [-0.1, -0.05) is 19.4 Å². The van der Waals surface area contributed by atoms with Crippen LogP contribution < -0.4 is 0 Å². The number of hydrogen-bond acceptors (Lipinski definition) is 5. The summed E-state index contributed by atoms with van der Waals surface area (Å²) < 4.78 is 40.1. The van der Waals surface area contributed by atoms with E-state index in [0.717, 1.165) is 36.0 Å². The normalized spacial score (nSPS) is 15.8. The van der Waals surface area contributed by atoms with E-state index in [1.54, 1.807) is 4.90 Å². The number of sulfonamides is 1. The zero-order chi connectivity index (χ0) is 20.3. The number of benzene rings is 1. The lowest BCUT2D eigenvalue weighted by atomic mass is 10.2.